The number of aromatic nitrogens is 3. The maximum Gasteiger partial charge on any atom is 0.573 e. The molecule has 3 N–H and O–H groups in total. The standard InChI is InChI=1S/C31H30F3N7O3S/c1-4-17-35-28-37-27(39-41(28)22-13-15-23(16-14-22)44-31(32,33)34)20-9-11-21(12-10-20)36-29(43)38-30-40(26(42)18-45-30)25-8-6-5-7-24(25)19(2)3/h4-16,19,30H,1,17-18H2,2-3H3,(H,35,37,39)(H2,36,38,43). The third kappa shape index (κ3) is 7.58. The van der Waals surface area contributed by atoms with Gasteiger partial charge < -0.3 is 20.7 Å². The molecule has 3 amide bonds. The maximum absolute atomic E-state index is 12.9. The van der Waals surface area contributed by atoms with E-state index in [9.17, 15) is 22.8 Å². The van der Waals surface area contributed by atoms with Crippen LogP contribution in [-0.2, 0) is 4.79 Å². The van der Waals surface area contributed by atoms with Gasteiger partial charge in [0.1, 0.15) is 5.75 Å². The van der Waals surface area contributed by atoms with Gasteiger partial charge in [-0.15, -0.1) is 36.6 Å². The van der Waals surface area contributed by atoms with E-state index in [0.29, 0.717) is 35.3 Å². The Morgan fingerprint density at radius 1 is 1.11 bits per heavy atom. The van der Waals surface area contributed by atoms with Crippen molar-refractivity contribution in [1.29, 1.82) is 0 Å². The fourth-order valence-corrected chi connectivity index (χ4v) is 5.66. The zero-order chi connectivity index (χ0) is 32.1. The van der Waals surface area contributed by atoms with Gasteiger partial charge in [-0.25, -0.2) is 4.79 Å². The summed E-state index contributed by atoms with van der Waals surface area (Å²) in [5, 5.41) is 13.3. The Hall–Kier alpha value is -4.98. The molecule has 0 radical (unpaired) electrons. The van der Waals surface area contributed by atoms with Crippen molar-refractivity contribution < 1.29 is 27.5 Å². The Morgan fingerprint density at radius 2 is 1.82 bits per heavy atom. The second-order valence-corrected chi connectivity index (χ2v) is 11.3. The number of nitrogens with one attached hydrogen (secondary N) is 3. The number of carbonyl (C=O) groups is 2. The third-order valence-corrected chi connectivity index (χ3v) is 7.73. The van der Waals surface area contributed by atoms with Gasteiger partial charge in [0.2, 0.25) is 11.9 Å². The van der Waals surface area contributed by atoms with Crippen molar-refractivity contribution in [3.8, 4) is 22.8 Å². The quantitative estimate of drug-likeness (QED) is 0.165. The Balaban J connectivity index is 1.29. The van der Waals surface area contributed by atoms with Crippen molar-refractivity contribution in [2.24, 2.45) is 0 Å². The molecule has 1 unspecified atom stereocenters. The van der Waals surface area contributed by atoms with Crippen molar-refractivity contribution in [2.75, 3.05) is 27.8 Å². The zero-order valence-corrected chi connectivity index (χ0v) is 25.2. The van der Waals surface area contributed by atoms with Crippen molar-refractivity contribution in [3.63, 3.8) is 0 Å². The number of amides is 3. The number of alkyl halides is 3. The van der Waals surface area contributed by atoms with Crippen LogP contribution in [0.1, 0.15) is 25.3 Å². The summed E-state index contributed by atoms with van der Waals surface area (Å²) in [6.45, 7) is 8.16. The molecule has 14 heteroatoms. The van der Waals surface area contributed by atoms with Gasteiger partial charge in [0.15, 0.2) is 11.3 Å². The molecule has 0 bridgehead atoms. The lowest BCUT2D eigenvalue weighted by molar-refractivity contribution is -0.274. The molecule has 2 heterocycles. The van der Waals surface area contributed by atoms with Gasteiger partial charge >= 0.3 is 12.4 Å². The van der Waals surface area contributed by atoms with Crippen LogP contribution in [0, 0.1) is 0 Å². The number of benzene rings is 3. The second kappa shape index (κ2) is 13.3. The highest BCUT2D eigenvalue weighted by Gasteiger charge is 2.35. The Morgan fingerprint density at radius 3 is 2.49 bits per heavy atom. The van der Waals surface area contributed by atoms with E-state index >= 15 is 0 Å². The van der Waals surface area contributed by atoms with Gasteiger partial charge in [-0.1, -0.05) is 38.1 Å². The molecular weight excluding hydrogens is 607 g/mol. The SMILES string of the molecule is C=CCNc1nc(-c2ccc(NC(=O)NC3SCC(=O)N3c3ccccc3C(C)C)cc2)nn1-c1ccc(OC(F)(F)F)cc1. The molecule has 0 aliphatic carbocycles. The van der Waals surface area contributed by atoms with E-state index < -0.39 is 17.9 Å². The van der Waals surface area contributed by atoms with E-state index in [2.05, 4.69) is 51.2 Å². The summed E-state index contributed by atoms with van der Waals surface area (Å²) in [6, 6.07) is 19.3. The molecule has 234 valence electrons. The lowest BCUT2D eigenvalue weighted by Crippen LogP contribution is -2.46. The van der Waals surface area contributed by atoms with Gasteiger partial charge in [-0.3, -0.25) is 9.69 Å². The van der Waals surface area contributed by atoms with E-state index in [4.69, 9.17) is 0 Å². The van der Waals surface area contributed by atoms with E-state index in [1.54, 1.807) is 35.2 Å². The van der Waals surface area contributed by atoms with Crippen molar-refractivity contribution in [1.82, 2.24) is 20.1 Å². The summed E-state index contributed by atoms with van der Waals surface area (Å²) < 4.78 is 43.1. The molecule has 5 rings (SSSR count). The number of halogens is 3. The van der Waals surface area contributed by atoms with Gasteiger partial charge in [0.25, 0.3) is 0 Å². The number of hydrogen-bond donors (Lipinski definition) is 3. The smallest absolute Gasteiger partial charge is 0.406 e. The molecular formula is C31H30F3N7O3S. The number of para-hydroxylation sites is 1. The summed E-state index contributed by atoms with van der Waals surface area (Å²) in [5.74, 6) is 0.700. The first-order chi connectivity index (χ1) is 21.5. The summed E-state index contributed by atoms with van der Waals surface area (Å²) in [4.78, 5) is 31.9. The largest absolute Gasteiger partial charge is 0.573 e. The van der Waals surface area contributed by atoms with Gasteiger partial charge in [0.05, 0.1) is 17.1 Å². The fourth-order valence-electron chi connectivity index (χ4n) is 4.65. The van der Waals surface area contributed by atoms with Crippen LogP contribution in [0.3, 0.4) is 0 Å². The summed E-state index contributed by atoms with van der Waals surface area (Å²) in [5.41, 5.74) is 2.81. The number of urea groups is 1. The average molecular weight is 638 g/mol. The van der Waals surface area contributed by atoms with Crippen LogP contribution < -0.4 is 25.6 Å². The predicted octanol–water partition coefficient (Wildman–Crippen LogP) is 6.74. The van der Waals surface area contributed by atoms with Crippen LogP contribution in [0.25, 0.3) is 17.1 Å². The zero-order valence-electron chi connectivity index (χ0n) is 24.3. The maximum atomic E-state index is 12.9. The first kappa shape index (κ1) is 31.4. The van der Waals surface area contributed by atoms with E-state index in [0.717, 1.165) is 11.3 Å². The minimum absolute atomic E-state index is 0.0813. The van der Waals surface area contributed by atoms with Crippen LogP contribution >= 0.6 is 11.8 Å². The Bertz CT molecular complexity index is 1680. The molecule has 1 aromatic heterocycles. The van der Waals surface area contributed by atoms with Crippen LogP contribution in [0.15, 0.2) is 85.5 Å². The lowest BCUT2D eigenvalue weighted by Gasteiger charge is -2.27. The first-order valence-corrected chi connectivity index (χ1v) is 15.0. The van der Waals surface area contributed by atoms with Crippen LogP contribution in [0.4, 0.5) is 35.3 Å². The normalized spacial score (nSPS) is 14.8. The number of carbonyl (C=O) groups excluding carboxylic acids is 2. The highest BCUT2D eigenvalue weighted by atomic mass is 32.2. The van der Waals surface area contributed by atoms with Crippen LogP contribution in [0.2, 0.25) is 0 Å². The van der Waals surface area contributed by atoms with Gasteiger partial charge in [-0.05, 0) is 66.1 Å². The highest BCUT2D eigenvalue weighted by Crippen LogP contribution is 2.35. The summed E-state index contributed by atoms with van der Waals surface area (Å²) in [6.07, 6.45) is -3.17. The second-order valence-electron chi connectivity index (χ2n) is 10.2. The van der Waals surface area contributed by atoms with Crippen molar-refractivity contribution in [2.45, 2.75) is 31.6 Å². The molecule has 45 heavy (non-hydrogen) atoms. The molecule has 1 fully saturated rings. The Labute approximate surface area is 261 Å². The molecule has 1 atom stereocenters. The molecule has 1 aliphatic rings. The molecule has 1 aliphatic heterocycles. The summed E-state index contributed by atoms with van der Waals surface area (Å²) >= 11 is 1.34. The monoisotopic (exact) mass is 637 g/mol. The minimum Gasteiger partial charge on any atom is -0.406 e. The van der Waals surface area contributed by atoms with Gasteiger partial charge in [-0.2, -0.15) is 9.67 Å². The highest BCUT2D eigenvalue weighted by molar-refractivity contribution is 8.01. The van der Waals surface area contributed by atoms with Crippen molar-refractivity contribution in [3.05, 3.63) is 91.0 Å². The average Bonchev–Trinajstić information content (AvgIpc) is 3.59. The molecule has 10 nitrogen and oxygen atoms in total. The number of anilines is 3. The van der Waals surface area contributed by atoms with Crippen LogP contribution in [0.5, 0.6) is 5.75 Å². The number of rotatable bonds is 10. The number of ether oxygens (including phenoxy) is 1. The van der Waals surface area contributed by atoms with E-state index in [1.165, 1.54) is 40.7 Å². The third-order valence-electron chi connectivity index (χ3n) is 6.67. The topological polar surface area (TPSA) is 113 Å². The van der Waals surface area contributed by atoms with Crippen molar-refractivity contribution >= 4 is 41.0 Å². The van der Waals surface area contributed by atoms with E-state index in [1.807, 2.05) is 24.3 Å². The minimum atomic E-state index is -4.80. The molecule has 3 aromatic carbocycles. The molecule has 4 aromatic rings. The molecule has 0 spiro atoms. The van der Waals surface area contributed by atoms with Gasteiger partial charge in [0, 0.05) is 17.8 Å². The predicted molar refractivity (Wildman–Crippen MR) is 169 cm³/mol. The number of nitrogens with zero attached hydrogens (tertiary/aromatic N) is 4. The lowest BCUT2D eigenvalue weighted by atomic mass is 10.0. The number of thioether (sulfide) groups is 1. The number of hydrogen-bond acceptors (Lipinski definition) is 7. The molecule has 1 saturated heterocycles. The van der Waals surface area contributed by atoms with E-state index in [-0.39, 0.29) is 23.3 Å². The summed E-state index contributed by atoms with van der Waals surface area (Å²) in [7, 11) is 0. The fraction of sp³-hybridized carbons (Fsp3) is 0.226. The Kier molecular flexibility index (Phi) is 9.32. The molecule has 0 saturated carbocycles. The van der Waals surface area contributed by atoms with Crippen LogP contribution in [-0.4, -0.2) is 50.9 Å². The first-order valence-electron chi connectivity index (χ1n) is 13.9.